The van der Waals surface area contributed by atoms with Gasteiger partial charge in [-0.25, -0.2) is 0 Å². The molecule has 0 bridgehead atoms. The molecule has 1 aliphatic rings. The molecule has 6 nitrogen and oxygen atoms in total. The van der Waals surface area contributed by atoms with Crippen LogP contribution in [-0.4, -0.2) is 33.1 Å². The number of carbonyl (C=O) groups is 1. The number of tetrazole rings is 1. The van der Waals surface area contributed by atoms with E-state index in [1.165, 1.54) is 6.42 Å². The van der Waals surface area contributed by atoms with Gasteiger partial charge in [-0.3, -0.25) is 4.79 Å². The van der Waals surface area contributed by atoms with E-state index in [0.29, 0.717) is 12.5 Å². The highest BCUT2D eigenvalue weighted by molar-refractivity contribution is 5.89. The number of hydrogen-bond acceptors (Lipinski definition) is 4. The molecule has 2 rings (SSSR count). The normalized spacial score (nSPS) is 25.6. The molecule has 1 aromatic rings. The standard InChI is InChI=1S/C7H11N5O/c1-4-2-5(4)3-8-7(13)6-9-11-12-10-6/h4-5H,2-3H2,1H3,(H,8,13)(H,9,10,11,12). The second-order valence-electron chi connectivity index (χ2n) is 3.42. The smallest absolute Gasteiger partial charge is 0.292 e. The summed E-state index contributed by atoms with van der Waals surface area (Å²) in [6, 6.07) is 0. The highest BCUT2D eigenvalue weighted by Crippen LogP contribution is 2.36. The first-order chi connectivity index (χ1) is 6.27. The van der Waals surface area contributed by atoms with Gasteiger partial charge in [0.05, 0.1) is 0 Å². The van der Waals surface area contributed by atoms with E-state index >= 15 is 0 Å². The summed E-state index contributed by atoms with van der Waals surface area (Å²) in [6.45, 7) is 2.89. The van der Waals surface area contributed by atoms with Gasteiger partial charge in [0.25, 0.3) is 11.7 Å². The molecule has 2 unspecified atom stereocenters. The van der Waals surface area contributed by atoms with Crippen molar-refractivity contribution in [3.8, 4) is 0 Å². The van der Waals surface area contributed by atoms with Gasteiger partial charge in [-0.1, -0.05) is 6.92 Å². The van der Waals surface area contributed by atoms with Gasteiger partial charge >= 0.3 is 0 Å². The third-order valence-electron chi connectivity index (χ3n) is 2.35. The highest BCUT2D eigenvalue weighted by Gasteiger charge is 2.32. The van der Waals surface area contributed by atoms with Crippen molar-refractivity contribution in [3.05, 3.63) is 5.82 Å². The molecular weight excluding hydrogens is 170 g/mol. The number of nitrogens with one attached hydrogen (secondary N) is 2. The van der Waals surface area contributed by atoms with Crippen LogP contribution in [0.4, 0.5) is 0 Å². The van der Waals surface area contributed by atoms with Crippen molar-refractivity contribution in [1.82, 2.24) is 25.9 Å². The number of aromatic amines is 1. The maximum absolute atomic E-state index is 11.2. The van der Waals surface area contributed by atoms with E-state index in [4.69, 9.17) is 0 Å². The second kappa shape index (κ2) is 3.12. The number of hydrogen-bond donors (Lipinski definition) is 2. The quantitative estimate of drug-likeness (QED) is 0.663. The summed E-state index contributed by atoms with van der Waals surface area (Å²) in [6.07, 6.45) is 1.20. The van der Waals surface area contributed by atoms with E-state index in [2.05, 4.69) is 32.9 Å². The second-order valence-corrected chi connectivity index (χ2v) is 3.42. The van der Waals surface area contributed by atoms with Crippen LogP contribution in [0.5, 0.6) is 0 Å². The number of amides is 1. The topological polar surface area (TPSA) is 83.6 Å². The van der Waals surface area contributed by atoms with Crippen LogP contribution in [-0.2, 0) is 0 Å². The Hall–Kier alpha value is -1.46. The minimum Gasteiger partial charge on any atom is -0.349 e. The Balaban J connectivity index is 1.79. The van der Waals surface area contributed by atoms with E-state index in [1.54, 1.807) is 0 Å². The predicted molar refractivity (Wildman–Crippen MR) is 43.8 cm³/mol. The molecule has 2 N–H and O–H groups in total. The van der Waals surface area contributed by atoms with Gasteiger partial charge in [-0.15, -0.1) is 10.2 Å². The van der Waals surface area contributed by atoms with Gasteiger partial charge in [0.2, 0.25) is 0 Å². The lowest BCUT2D eigenvalue weighted by Gasteiger charge is -1.98. The molecule has 1 aliphatic carbocycles. The third kappa shape index (κ3) is 1.82. The molecule has 0 aliphatic heterocycles. The molecule has 0 radical (unpaired) electrons. The third-order valence-corrected chi connectivity index (χ3v) is 2.35. The summed E-state index contributed by atoms with van der Waals surface area (Å²) in [4.78, 5) is 11.2. The number of H-pyrrole nitrogens is 1. The minimum absolute atomic E-state index is 0.105. The Morgan fingerprint density at radius 1 is 1.77 bits per heavy atom. The van der Waals surface area contributed by atoms with Crippen LogP contribution in [0.1, 0.15) is 24.0 Å². The lowest BCUT2D eigenvalue weighted by Crippen LogP contribution is -2.26. The SMILES string of the molecule is CC1CC1CNC(=O)c1nn[nH]n1. The molecule has 0 spiro atoms. The molecule has 1 aromatic heterocycles. The molecule has 13 heavy (non-hydrogen) atoms. The molecular formula is C7H11N5O. The Labute approximate surface area is 75.1 Å². The van der Waals surface area contributed by atoms with E-state index in [1.807, 2.05) is 0 Å². The fourth-order valence-electron chi connectivity index (χ4n) is 1.24. The van der Waals surface area contributed by atoms with Gasteiger partial charge in [-0.05, 0) is 23.5 Å². The van der Waals surface area contributed by atoms with Gasteiger partial charge in [-0.2, -0.15) is 5.21 Å². The Kier molecular flexibility index (Phi) is 1.96. The molecule has 6 heteroatoms. The Morgan fingerprint density at radius 3 is 3.08 bits per heavy atom. The van der Waals surface area contributed by atoms with Crippen molar-refractivity contribution >= 4 is 5.91 Å². The summed E-state index contributed by atoms with van der Waals surface area (Å²) in [5.41, 5.74) is 0. The van der Waals surface area contributed by atoms with E-state index in [9.17, 15) is 4.79 Å². The zero-order valence-electron chi connectivity index (χ0n) is 7.32. The molecule has 1 heterocycles. The van der Waals surface area contributed by atoms with Crippen molar-refractivity contribution in [2.24, 2.45) is 11.8 Å². The van der Waals surface area contributed by atoms with E-state index in [0.717, 1.165) is 5.92 Å². The molecule has 1 amide bonds. The van der Waals surface area contributed by atoms with Crippen LogP contribution in [0.25, 0.3) is 0 Å². The van der Waals surface area contributed by atoms with Crippen LogP contribution < -0.4 is 5.32 Å². The van der Waals surface area contributed by atoms with Crippen molar-refractivity contribution in [1.29, 1.82) is 0 Å². The average Bonchev–Trinajstić information content (AvgIpc) is 2.67. The largest absolute Gasteiger partial charge is 0.349 e. The zero-order chi connectivity index (χ0) is 9.26. The van der Waals surface area contributed by atoms with E-state index in [-0.39, 0.29) is 11.7 Å². The molecule has 0 saturated heterocycles. The average molecular weight is 181 g/mol. The molecule has 2 atom stereocenters. The first-order valence-electron chi connectivity index (χ1n) is 4.29. The van der Waals surface area contributed by atoms with Crippen LogP contribution in [0.2, 0.25) is 0 Å². The number of rotatable bonds is 3. The van der Waals surface area contributed by atoms with Crippen molar-refractivity contribution in [2.75, 3.05) is 6.54 Å². The first kappa shape index (κ1) is 8.15. The maximum atomic E-state index is 11.2. The highest BCUT2D eigenvalue weighted by atomic mass is 16.2. The lowest BCUT2D eigenvalue weighted by molar-refractivity contribution is 0.0941. The van der Waals surface area contributed by atoms with Crippen molar-refractivity contribution in [2.45, 2.75) is 13.3 Å². The molecule has 1 saturated carbocycles. The fraction of sp³-hybridized carbons (Fsp3) is 0.714. The fourth-order valence-corrected chi connectivity index (χ4v) is 1.24. The summed E-state index contributed by atoms with van der Waals surface area (Å²) in [5.74, 6) is 1.22. The van der Waals surface area contributed by atoms with Crippen LogP contribution in [0, 0.1) is 11.8 Å². The van der Waals surface area contributed by atoms with Gasteiger partial charge in [0.1, 0.15) is 0 Å². The summed E-state index contributed by atoms with van der Waals surface area (Å²) < 4.78 is 0. The number of nitrogens with zero attached hydrogens (tertiary/aromatic N) is 3. The van der Waals surface area contributed by atoms with Crippen LogP contribution in [0.15, 0.2) is 0 Å². The van der Waals surface area contributed by atoms with Crippen molar-refractivity contribution < 1.29 is 4.79 Å². The van der Waals surface area contributed by atoms with Gasteiger partial charge in [0, 0.05) is 6.54 Å². The number of carbonyl (C=O) groups excluding carboxylic acids is 1. The molecule has 70 valence electrons. The zero-order valence-corrected chi connectivity index (χ0v) is 7.32. The number of aromatic nitrogens is 4. The monoisotopic (exact) mass is 181 g/mol. The van der Waals surface area contributed by atoms with Crippen LogP contribution in [0.3, 0.4) is 0 Å². The minimum atomic E-state index is -0.257. The summed E-state index contributed by atoms with van der Waals surface area (Å²) in [5, 5.41) is 15.4. The van der Waals surface area contributed by atoms with Gasteiger partial charge < -0.3 is 5.32 Å². The predicted octanol–water partition coefficient (Wildman–Crippen LogP) is -0.415. The van der Waals surface area contributed by atoms with Crippen LogP contribution >= 0.6 is 0 Å². The lowest BCUT2D eigenvalue weighted by atomic mass is 10.3. The summed E-state index contributed by atoms with van der Waals surface area (Å²) >= 11 is 0. The Morgan fingerprint density at radius 2 is 2.54 bits per heavy atom. The van der Waals surface area contributed by atoms with Crippen molar-refractivity contribution in [3.63, 3.8) is 0 Å². The summed E-state index contributed by atoms with van der Waals surface area (Å²) in [7, 11) is 0. The van der Waals surface area contributed by atoms with Gasteiger partial charge in [0.15, 0.2) is 0 Å². The molecule has 0 aromatic carbocycles. The maximum Gasteiger partial charge on any atom is 0.292 e. The Bertz CT molecular complexity index is 296. The first-order valence-corrected chi connectivity index (χ1v) is 4.29. The van der Waals surface area contributed by atoms with E-state index < -0.39 is 0 Å². The molecule has 1 fully saturated rings.